The maximum atomic E-state index is 12.7. The maximum Gasteiger partial charge on any atom is 0.258 e. The summed E-state index contributed by atoms with van der Waals surface area (Å²) in [6.45, 7) is 1.84. The van der Waals surface area contributed by atoms with E-state index in [1.165, 1.54) is 0 Å². The van der Waals surface area contributed by atoms with E-state index in [0.717, 1.165) is 35.7 Å². The van der Waals surface area contributed by atoms with Gasteiger partial charge in [-0.25, -0.2) is 0 Å². The molecule has 0 radical (unpaired) electrons. The molecule has 3 saturated carbocycles. The summed E-state index contributed by atoms with van der Waals surface area (Å²) in [5.74, 6) is 0.327. The lowest BCUT2D eigenvalue weighted by Gasteiger charge is -2.70. The number of carbonyl (C=O) groups excluding carboxylic acids is 2. The number of nitrogens with one attached hydrogen (secondary N) is 2. The van der Waals surface area contributed by atoms with E-state index < -0.39 is 0 Å². The number of hydrogen-bond donors (Lipinski definition) is 2. The van der Waals surface area contributed by atoms with Crippen molar-refractivity contribution in [3.05, 3.63) is 70.9 Å². The smallest absolute Gasteiger partial charge is 0.258 e. The minimum absolute atomic E-state index is 0.0507. The highest BCUT2D eigenvalue weighted by Crippen LogP contribution is 2.60. The van der Waals surface area contributed by atoms with Gasteiger partial charge in [-0.2, -0.15) is 0 Å². The van der Waals surface area contributed by atoms with Crippen molar-refractivity contribution < 1.29 is 14.3 Å². The lowest BCUT2D eigenvalue weighted by atomic mass is 9.44. The monoisotopic (exact) mass is 435 g/mol. The van der Waals surface area contributed by atoms with Gasteiger partial charge < -0.3 is 15.4 Å². The van der Waals surface area contributed by atoms with Gasteiger partial charge >= 0.3 is 0 Å². The van der Waals surface area contributed by atoms with Gasteiger partial charge in [0.15, 0.2) is 6.61 Å². The molecule has 0 aliphatic heterocycles. The van der Waals surface area contributed by atoms with Crippen LogP contribution in [0.5, 0.6) is 5.75 Å². The highest BCUT2D eigenvalue weighted by atomic mass is 35.5. The molecule has 2 aromatic carbocycles. The molecule has 158 valence electrons. The van der Waals surface area contributed by atoms with Crippen molar-refractivity contribution >= 4 is 34.3 Å². The fourth-order valence-corrected chi connectivity index (χ4v) is 4.87. The van der Waals surface area contributed by atoms with Crippen molar-refractivity contribution in [1.29, 1.82) is 0 Å². The van der Waals surface area contributed by atoms with Crippen LogP contribution in [0.2, 0.25) is 5.02 Å². The Labute approximate surface area is 185 Å². The average molecular weight is 436 g/mol. The Bertz CT molecular complexity index is 1190. The van der Waals surface area contributed by atoms with Crippen molar-refractivity contribution in [2.24, 2.45) is 0 Å². The first-order chi connectivity index (χ1) is 14.9. The first-order valence-electron chi connectivity index (χ1n) is 10.2. The number of carbonyl (C=O) groups is 2. The van der Waals surface area contributed by atoms with E-state index in [1.807, 2.05) is 43.3 Å². The number of amides is 2. The second-order valence-corrected chi connectivity index (χ2v) is 9.12. The first-order valence-corrected chi connectivity index (χ1v) is 10.6. The fourth-order valence-electron chi connectivity index (χ4n) is 4.75. The molecule has 0 spiro atoms. The van der Waals surface area contributed by atoms with Gasteiger partial charge in [-0.15, -0.1) is 0 Å². The molecule has 2 amide bonds. The topological polar surface area (TPSA) is 80.3 Å². The average Bonchev–Trinajstić information content (AvgIpc) is 2.71. The van der Waals surface area contributed by atoms with Crippen LogP contribution in [0.1, 0.15) is 35.2 Å². The lowest BCUT2D eigenvalue weighted by molar-refractivity contribution is -0.141. The number of rotatable bonds is 6. The van der Waals surface area contributed by atoms with Gasteiger partial charge in [0.1, 0.15) is 5.75 Å². The van der Waals surface area contributed by atoms with Crippen molar-refractivity contribution in [2.75, 3.05) is 6.61 Å². The van der Waals surface area contributed by atoms with E-state index in [1.54, 1.807) is 18.3 Å². The number of nitrogens with zero attached hydrogens (tertiary/aromatic N) is 1. The second kappa shape index (κ2) is 7.24. The molecule has 6 rings (SSSR count). The van der Waals surface area contributed by atoms with Crippen molar-refractivity contribution in [3.8, 4) is 5.75 Å². The number of fused-ring (bicyclic) bond motifs is 1. The summed E-state index contributed by atoms with van der Waals surface area (Å²) in [7, 11) is 0. The number of hydrogen-bond acceptors (Lipinski definition) is 4. The molecular formula is C24H22ClN3O3. The molecule has 1 aromatic heterocycles. The molecule has 2 N–H and O–H groups in total. The largest absolute Gasteiger partial charge is 0.484 e. The van der Waals surface area contributed by atoms with Crippen LogP contribution >= 0.6 is 11.6 Å². The van der Waals surface area contributed by atoms with Crippen LogP contribution in [0, 0.1) is 6.92 Å². The highest BCUT2D eigenvalue weighted by molar-refractivity contribution is 6.31. The quantitative estimate of drug-likeness (QED) is 0.617. The minimum Gasteiger partial charge on any atom is -0.484 e. The van der Waals surface area contributed by atoms with Gasteiger partial charge in [0.25, 0.3) is 11.8 Å². The Kier molecular flexibility index (Phi) is 4.63. The van der Waals surface area contributed by atoms with Gasteiger partial charge in [0, 0.05) is 27.7 Å². The standard InChI is InChI=1S/C24H22ClN3O3/c1-15-8-18(6-7-19(15)25)31-11-21(29)27-23-12-24(13-23,14-23)28-22(30)17-9-16-4-2-3-5-20(16)26-10-17/h2-10H,11-14H2,1H3,(H,27,29)(H,28,30). The number of ether oxygens (including phenoxy) is 1. The number of halogens is 1. The zero-order chi connectivity index (χ0) is 21.6. The van der Waals surface area contributed by atoms with E-state index >= 15 is 0 Å². The fraction of sp³-hybridized carbons (Fsp3) is 0.292. The van der Waals surface area contributed by atoms with Crippen LogP contribution in [-0.4, -0.2) is 34.5 Å². The van der Waals surface area contributed by atoms with E-state index in [-0.39, 0.29) is 29.5 Å². The molecule has 3 fully saturated rings. The van der Waals surface area contributed by atoms with E-state index in [4.69, 9.17) is 16.3 Å². The Morgan fingerprint density at radius 3 is 2.58 bits per heavy atom. The molecule has 1 heterocycles. The van der Waals surface area contributed by atoms with Crippen LogP contribution in [0.3, 0.4) is 0 Å². The van der Waals surface area contributed by atoms with Crippen molar-refractivity contribution in [1.82, 2.24) is 15.6 Å². The van der Waals surface area contributed by atoms with Crippen molar-refractivity contribution in [2.45, 2.75) is 37.3 Å². The summed E-state index contributed by atoms with van der Waals surface area (Å²) in [5, 5.41) is 7.80. The minimum atomic E-state index is -0.232. The molecule has 3 aliphatic carbocycles. The van der Waals surface area contributed by atoms with E-state index in [2.05, 4.69) is 15.6 Å². The molecular weight excluding hydrogens is 414 g/mol. The summed E-state index contributed by atoms with van der Waals surface area (Å²) in [4.78, 5) is 29.4. The number of pyridine rings is 1. The third-order valence-electron chi connectivity index (χ3n) is 6.17. The molecule has 2 bridgehead atoms. The third-order valence-corrected chi connectivity index (χ3v) is 6.59. The summed E-state index contributed by atoms with van der Waals surface area (Å²) >= 11 is 6.01. The molecule has 3 aliphatic rings. The number of aromatic nitrogens is 1. The third kappa shape index (κ3) is 3.72. The Hall–Kier alpha value is -3.12. The van der Waals surface area contributed by atoms with Gasteiger partial charge in [-0.05, 0) is 62.1 Å². The zero-order valence-electron chi connectivity index (χ0n) is 17.1. The number of para-hydroxylation sites is 1. The number of aryl methyl sites for hydroxylation is 1. The predicted molar refractivity (Wildman–Crippen MR) is 118 cm³/mol. The molecule has 0 atom stereocenters. The van der Waals surface area contributed by atoms with Gasteiger partial charge in [0.05, 0.1) is 11.1 Å². The normalized spacial score (nSPS) is 23.4. The summed E-state index contributed by atoms with van der Waals surface area (Å²) in [5.41, 5.74) is 1.85. The van der Waals surface area contributed by atoms with Gasteiger partial charge in [0.2, 0.25) is 0 Å². The summed E-state index contributed by atoms with van der Waals surface area (Å²) < 4.78 is 5.57. The molecule has 7 heteroatoms. The van der Waals surface area contributed by atoms with E-state index in [0.29, 0.717) is 16.3 Å². The second-order valence-electron chi connectivity index (χ2n) is 8.71. The van der Waals surface area contributed by atoms with Gasteiger partial charge in [-0.3, -0.25) is 14.6 Å². The Morgan fingerprint density at radius 2 is 1.81 bits per heavy atom. The molecule has 31 heavy (non-hydrogen) atoms. The summed E-state index contributed by atoms with van der Waals surface area (Å²) in [6, 6.07) is 14.9. The first kappa shape index (κ1) is 19.8. The maximum absolute atomic E-state index is 12.7. The Balaban J connectivity index is 1.12. The van der Waals surface area contributed by atoms with Gasteiger partial charge in [-0.1, -0.05) is 29.8 Å². The molecule has 0 saturated heterocycles. The highest BCUT2D eigenvalue weighted by Gasteiger charge is 2.69. The lowest BCUT2D eigenvalue weighted by Crippen LogP contribution is -2.84. The number of benzene rings is 2. The molecule has 6 nitrogen and oxygen atoms in total. The predicted octanol–water partition coefficient (Wildman–Crippen LogP) is 3.80. The van der Waals surface area contributed by atoms with Crippen LogP contribution in [0.15, 0.2) is 54.7 Å². The van der Waals surface area contributed by atoms with Crippen LogP contribution in [-0.2, 0) is 4.79 Å². The molecule has 3 aromatic rings. The zero-order valence-corrected chi connectivity index (χ0v) is 17.8. The van der Waals surface area contributed by atoms with Crippen LogP contribution in [0.25, 0.3) is 10.9 Å². The van der Waals surface area contributed by atoms with Crippen LogP contribution in [0.4, 0.5) is 0 Å². The van der Waals surface area contributed by atoms with E-state index in [9.17, 15) is 9.59 Å². The van der Waals surface area contributed by atoms with Crippen LogP contribution < -0.4 is 15.4 Å². The van der Waals surface area contributed by atoms with Crippen molar-refractivity contribution in [3.63, 3.8) is 0 Å². The summed E-state index contributed by atoms with van der Waals surface area (Å²) in [6.07, 6.45) is 3.81. The molecule has 0 unspecified atom stereocenters. The Morgan fingerprint density at radius 1 is 1.06 bits per heavy atom. The SMILES string of the molecule is Cc1cc(OCC(=O)NC23CC(NC(=O)c4cnc5ccccc5c4)(C2)C3)ccc1Cl.